The zero-order valence-corrected chi connectivity index (χ0v) is 67.1. The van der Waals surface area contributed by atoms with Gasteiger partial charge in [-0.3, -0.25) is 0 Å². The molecule has 4 nitrogen and oxygen atoms in total. The molecule has 0 N–H and O–H groups in total. The van der Waals surface area contributed by atoms with Gasteiger partial charge in [-0.2, -0.15) is 0 Å². The molecule has 16 atom stereocenters. The molecule has 0 saturated carbocycles. The summed E-state index contributed by atoms with van der Waals surface area (Å²) in [6.07, 6.45) is 5.11. The van der Waals surface area contributed by atoms with Crippen molar-refractivity contribution >= 4 is 22.7 Å². The van der Waals surface area contributed by atoms with Crippen molar-refractivity contribution in [1.29, 1.82) is 0 Å². The molecule has 0 fully saturated rings. The highest BCUT2D eigenvalue weighted by molar-refractivity contribution is 5.73. The first-order valence-corrected chi connectivity index (χ1v) is 38.8. The molecule has 0 radical (unpaired) electrons. The Labute approximate surface area is 622 Å². The molecule has 4 aliphatic carbocycles. The highest BCUT2D eigenvalue weighted by Gasteiger charge is 2.42. The van der Waals surface area contributed by atoms with Crippen LogP contribution in [-0.4, -0.2) is 50.3 Å². The van der Waals surface area contributed by atoms with Crippen LogP contribution in [0.25, 0.3) is 0 Å². The summed E-state index contributed by atoms with van der Waals surface area (Å²) in [6, 6.07) is 17.2. The summed E-state index contributed by atoms with van der Waals surface area (Å²) < 4.78 is 0. The van der Waals surface area contributed by atoms with Crippen molar-refractivity contribution in [3.05, 3.63) is 114 Å². The van der Waals surface area contributed by atoms with Crippen molar-refractivity contribution in [1.82, 2.24) is 0 Å². The minimum absolute atomic E-state index is 0. The largest absolute Gasteiger partial charge is 0.368 e. The summed E-state index contributed by atoms with van der Waals surface area (Å²) in [5.41, 5.74) is 29.0. The molecule has 580 valence electrons. The fourth-order valence-electron chi connectivity index (χ4n) is 16.9. The molecule has 4 aromatic carbocycles. The third-order valence-electron chi connectivity index (χ3n) is 22.9. The van der Waals surface area contributed by atoms with Crippen LogP contribution < -0.4 is 19.6 Å². The molecule has 0 bridgehead atoms. The van der Waals surface area contributed by atoms with E-state index >= 15 is 0 Å². The zero-order chi connectivity index (χ0) is 69.8. The maximum atomic E-state index is 2.62. The van der Waals surface area contributed by atoms with Gasteiger partial charge in [0.1, 0.15) is 0 Å². The van der Waals surface area contributed by atoms with Crippen LogP contribution in [0.5, 0.6) is 0 Å². The van der Waals surface area contributed by atoms with Gasteiger partial charge in [-0.25, -0.2) is 0 Å². The summed E-state index contributed by atoms with van der Waals surface area (Å²) >= 11 is 0. The van der Waals surface area contributed by atoms with E-state index < -0.39 is 0 Å². The fourth-order valence-corrected chi connectivity index (χ4v) is 16.9. The van der Waals surface area contributed by atoms with Crippen molar-refractivity contribution in [2.24, 2.45) is 23.7 Å². The lowest BCUT2D eigenvalue weighted by Crippen LogP contribution is -2.30. The van der Waals surface area contributed by atoms with E-state index in [1.807, 2.05) is 111 Å². The molecule has 0 aromatic heterocycles. The quantitative estimate of drug-likeness (QED) is 0.202. The predicted octanol–water partition coefficient (Wildman–Crippen LogP) is 31.2. The molecular weight excluding hydrogens is 1190 g/mol. The topological polar surface area (TPSA) is 13.0 Å². The number of benzene rings is 4. The van der Waals surface area contributed by atoms with Crippen LogP contribution in [0, 0.1) is 37.5 Å². The van der Waals surface area contributed by atoms with Gasteiger partial charge >= 0.3 is 0 Å². The van der Waals surface area contributed by atoms with Gasteiger partial charge in [0.2, 0.25) is 0 Å². The van der Waals surface area contributed by atoms with Crippen LogP contribution in [0.2, 0.25) is 0 Å². The van der Waals surface area contributed by atoms with Gasteiger partial charge in [0, 0.05) is 96.8 Å². The van der Waals surface area contributed by atoms with E-state index in [2.05, 4.69) is 208 Å². The van der Waals surface area contributed by atoms with Crippen LogP contribution in [0.4, 0.5) is 22.7 Å². The summed E-state index contributed by atoms with van der Waals surface area (Å²) in [6.45, 7) is 88.7. The van der Waals surface area contributed by atoms with Crippen molar-refractivity contribution < 1.29 is 0 Å². The Hall–Kier alpha value is -3.92. The Bertz CT molecular complexity index is 2730. The Morgan fingerprint density at radius 3 is 1.01 bits per heavy atom. The molecule has 0 saturated heterocycles. The molecule has 0 spiro atoms. The van der Waals surface area contributed by atoms with E-state index in [-0.39, 0.29) is 59.4 Å². The lowest BCUT2D eigenvalue weighted by Gasteiger charge is -2.27. The molecule has 8 aliphatic rings. The first kappa shape index (κ1) is 110. The van der Waals surface area contributed by atoms with Crippen LogP contribution >= 0.6 is 0 Å². The average molecular weight is 1370 g/mol. The van der Waals surface area contributed by atoms with E-state index in [1.165, 1.54) is 37.1 Å². The van der Waals surface area contributed by atoms with Gasteiger partial charge in [0.05, 0.1) is 0 Å². The van der Waals surface area contributed by atoms with Gasteiger partial charge < -0.3 is 19.6 Å². The average Bonchev–Trinajstić information content (AvgIpc) is 1.62. The summed E-state index contributed by atoms with van der Waals surface area (Å²) in [5.74, 6) is 8.88. The van der Waals surface area contributed by atoms with E-state index in [4.69, 9.17) is 0 Å². The van der Waals surface area contributed by atoms with E-state index in [9.17, 15) is 0 Å². The molecule has 4 heterocycles. The lowest BCUT2D eigenvalue weighted by molar-refractivity contribution is 0.526. The number of hydrogen-bond acceptors (Lipinski definition) is 4. The predicted molar refractivity (Wildman–Crippen MR) is 469 cm³/mol. The Kier molecular flexibility index (Phi) is 57.5. The minimum Gasteiger partial charge on any atom is -0.368 e. The van der Waals surface area contributed by atoms with Crippen LogP contribution in [0.15, 0.2) is 36.4 Å². The normalized spacial score (nSPS) is 25.5. The zero-order valence-electron chi connectivity index (χ0n) is 67.1. The molecule has 0 amide bonds. The Balaban J connectivity index is -0.000000167. The summed E-state index contributed by atoms with van der Waals surface area (Å²) in [4.78, 5) is 10.4. The third kappa shape index (κ3) is 21.1. The second kappa shape index (κ2) is 51.3. The van der Waals surface area contributed by atoms with Crippen molar-refractivity contribution in [2.45, 2.75) is 420 Å². The Morgan fingerprint density at radius 1 is 0.276 bits per heavy atom. The molecule has 12 rings (SSSR count). The van der Waals surface area contributed by atoms with Gasteiger partial charge in [0.15, 0.2) is 0 Å². The molecule has 98 heavy (non-hydrogen) atoms. The molecule has 4 heteroatoms. The molecule has 4 aliphatic heterocycles. The van der Waals surface area contributed by atoms with Gasteiger partial charge in [0.25, 0.3) is 0 Å². The van der Waals surface area contributed by atoms with Crippen molar-refractivity contribution in [2.75, 3.05) is 45.8 Å². The number of likely N-dealkylation sites (N-methyl/N-ethyl adjacent to an activating group) is 4. The van der Waals surface area contributed by atoms with E-state index in [0.29, 0.717) is 47.8 Å². The maximum absolute atomic E-state index is 2.62. The summed E-state index contributed by atoms with van der Waals surface area (Å²) in [5, 5.41) is 0. The lowest BCUT2D eigenvalue weighted by atomic mass is 9.87. The minimum atomic E-state index is 0. The van der Waals surface area contributed by atoms with Crippen molar-refractivity contribution in [3.8, 4) is 0 Å². The van der Waals surface area contributed by atoms with Crippen molar-refractivity contribution in [3.63, 3.8) is 0 Å². The first-order valence-electron chi connectivity index (χ1n) is 38.8. The molecule has 0 unspecified atom stereocenters. The van der Waals surface area contributed by atoms with Crippen LogP contribution in [0.1, 0.15) is 434 Å². The Morgan fingerprint density at radius 2 is 0.592 bits per heavy atom. The highest BCUT2D eigenvalue weighted by Crippen LogP contribution is 2.54. The number of rotatable bonds is 4. The summed E-state index contributed by atoms with van der Waals surface area (Å²) in [7, 11) is 0. The maximum Gasteiger partial charge on any atom is 0.0437 e. The van der Waals surface area contributed by atoms with Gasteiger partial charge in [-0.05, 0) is 232 Å². The SMILES string of the molecule is C.C.C.C.C.C.C.C.CC.CC.CC.CC.CC.CC.CC.CC.CCN1c2c(cc3c(c2C)C[C@H](C)[C@@H]3C)[C@H](C)[C@@H]1C.CCN1c2c(cc3c(c2C)[C@H](C)[C@H](C)C3)[C@H](C)[C@@H]1C.CCN1c2ccc3c(c2[C@H](C)[C@@H]1C)C[C@@H](C)[C@H]3C.CCN1c2ccc3c(c2[C@H](C)[C@@H]1C)[C@@H](C)[C@@H](C)C3. The molecule has 4 aromatic rings. The van der Waals surface area contributed by atoms with Crippen LogP contribution in [0.3, 0.4) is 0 Å². The van der Waals surface area contributed by atoms with E-state index in [0.717, 1.165) is 73.5 Å². The number of fused-ring (bicyclic) bond motifs is 10. The van der Waals surface area contributed by atoms with Crippen LogP contribution in [-0.2, 0) is 25.7 Å². The second-order valence-corrected chi connectivity index (χ2v) is 26.3. The number of anilines is 4. The first-order chi connectivity index (χ1) is 43.1. The second-order valence-electron chi connectivity index (χ2n) is 26.3. The van der Waals surface area contributed by atoms with Gasteiger partial charge in [-0.1, -0.05) is 278 Å². The monoisotopic (exact) mass is 1370 g/mol. The number of hydrogen-bond donors (Lipinski definition) is 0. The smallest absolute Gasteiger partial charge is 0.0437 e. The van der Waals surface area contributed by atoms with E-state index in [1.54, 1.807) is 89.3 Å². The standard InChI is InChI=1S/2C18H27N.2C17H25N.8C2H6.8CH4/c1-7-19-14(6)12(4)17-9-16-11(3)10(2)8-15(16)13(5)18(17)19;1-7-19-14(6)12(4)16-9-15-8-10(2)11(3)17(15)13(5)18(16)19;1-6-18-13(5)12(4)17-15-9-10(2)11(3)14(15)7-8-16(17)18;1-6-18-13(5)12(4)17-15(18)8-7-14-9-10(2)11(3)16(14)17;8*1-2;;;;;;;;/h2*9-12,14H,7-8H2,1-6H3;2*7-8,10-13H,6,9H2,1-5H3;8*1-2H3;8*1H4/t10-,11-,12+,14-;10-,11-,12-,14+;10-,11-,12-,13+;10-,11-,12+,13-;;;;;;;;;;;;;;;;/m0110................/s1. The number of nitrogens with zero attached hydrogens (tertiary/aromatic N) is 4. The van der Waals surface area contributed by atoms with Gasteiger partial charge in [-0.15, -0.1) is 0 Å². The third-order valence-corrected chi connectivity index (χ3v) is 22.9. The highest BCUT2D eigenvalue weighted by atomic mass is 15.2. The molecular formula is C94H184N4. The fraction of sp³-hybridized carbons (Fsp3) is 0.745.